The standard InChI is InChI=1S/C11H18ClN3O2S3/c1-2-3-4-5-6-14-11(18)15-20(16,17)10-8(13)7-9(12)19-10/h7H,2-6,13H2,1H3,(H2,14,15,18). The van der Waals surface area contributed by atoms with Crippen LogP contribution in [0.3, 0.4) is 0 Å². The topological polar surface area (TPSA) is 84.2 Å². The minimum atomic E-state index is -3.76. The fraction of sp³-hybridized carbons (Fsp3) is 0.545. The van der Waals surface area contributed by atoms with Crippen molar-refractivity contribution in [3.8, 4) is 0 Å². The molecule has 1 aromatic rings. The Labute approximate surface area is 133 Å². The van der Waals surface area contributed by atoms with Gasteiger partial charge >= 0.3 is 0 Å². The summed E-state index contributed by atoms with van der Waals surface area (Å²) in [7, 11) is -3.76. The number of hydrogen-bond acceptors (Lipinski definition) is 5. The van der Waals surface area contributed by atoms with Crippen molar-refractivity contribution in [2.75, 3.05) is 12.3 Å². The van der Waals surface area contributed by atoms with Gasteiger partial charge in [-0.3, -0.25) is 4.72 Å². The van der Waals surface area contributed by atoms with E-state index in [2.05, 4.69) is 17.0 Å². The lowest BCUT2D eigenvalue weighted by Gasteiger charge is -2.10. The number of nitrogen functional groups attached to an aromatic ring is 1. The highest BCUT2D eigenvalue weighted by atomic mass is 35.5. The molecule has 1 aromatic heterocycles. The number of rotatable bonds is 7. The molecule has 20 heavy (non-hydrogen) atoms. The molecule has 5 nitrogen and oxygen atoms in total. The maximum absolute atomic E-state index is 12.0. The maximum atomic E-state index is 12.0. The van der Waals surface area contributed by atoms with Gasteiger partial charge in [-0.05, 0) is 24.7 Å². The predicted molar refractivity (Wildman–Crippen MR) is 88.8 cm³/mol. The van der Waals surface area contributed by atoms with Crippen LogP contribution < -0.4 is 15.8 Å². The molecule has 4 N–H and O–H groups in total. The first kappa shape index (κ1) is 17.5. The van der Waals surface area contributed by atoms with Crippen molar-refractivity contribution >= 4 is 56.0 Å². The molecule has 0 bridgehead atoms. The van der Waals surface area contributed by atoms with E-state index >= 15 is 0 Å². The molecule has 9 heteroatoms. The van der Waals surface area contributed by atoms with Gasteiger partial charge in [0.2, 0.25) is 0 Å². The van der Waals surface area contributed by atoms with Crippen molar-refractivity contribution in [3.05, 3.63) is 10.4 Å². The molecule has 0 aliphatic heterocycles. The van der Waals surface area contributed by atoms with E-state index in [1.807, 2.05) is 0 Å². The summed E-state index contributed by atoms with van der Waals surface area (Å²) >= 11 is 11.6. The zero-order valence-electron chi connectivity index (χ0n) is 11.1. The van der Waals surface area contributed by atoms with Crippen molar-refractivity contribution in [2.24, 2.45) is 0 Å². The van der Waals surface area contributed by atoms with Crippen LogP contribution in [0.2, 0.25) is 4.34 Å². The summed E-state index contributed by atoms with van der Waals surface area (Å²) < 4.78 is 26.7. The van der Waals surface area contributed by atoms with Crippen molar-refractivity contribution in [2.45, 2.75) is 36.8 Å². The fourth-order valence-electron chi connectivity index (χ4n) is 1.53. The van der Waals surface area contributed by atoms with Crippen LogP contribution in [0.1, 0.15) is 32.6 Å². The Kier molecular flexibility index (Phi) is 7.01. The van der Waals surface area contributed by atoms with Gasteiger partial charge in [0, 0.05) is 6.54 Å². The monoisotopic (exact) mass is 355 g/mol. The van der Waals surface area contributed by atoms with Crippen LogP contribution in [-0.2, 0) is 10.0 Å². The summed E-state index contributed by atoms with van der Waals surface area (Å²) in [5.41, 5.74) is 5.72. The summed E-state index contributed by atoms with van der Waals surface area (Å²) in [4.78, 5) is 0. The van der Waals surface area contributed by atoms with E-state index in [1.165, 1.54) is 6.07 Å². The Morgan fingerprint density at radius 3 is 2.70 bits per heavy atom. The quantitative estimate of drug-likeness (QED) is 0.517. The first-order valence-electron chi connectivity index (χ1n) is 6.22. The molecule has 114 valence electrons. The largest absolute Gasteiger partial charge is 0.397 e. The molecule has 0 amide bonds. The third kappa shape index (κ3) is 5.43. The van der Waals surface area contributed by atoms with E-state index in [1.54, 1.807) is 0 Å². The fourth-order valence-corrected chi connectivity index (χ4v) is 4.59. The van der Waals surface area contributed by atoms with Crippen molar-refractivity contribution in [1.82, 2.24) is 10.0 Å². The van der Waals surface area contributed by atoms with Crippen LogP contribution in [0, 0.1) is 0 Å². The van der Waals surface area contributed by atoms with E-state index in [-0.39, 0.29) is 15.0 Å². The van der Waals surface area contributed by atoms with Gasteiger partial charge in [0.05, 0.1) is 10.0 Å². The summed E-state index contributed by atoms with van der Waals surface area (Å²) in [5, 5.41) is 2.94. The Morgan fingerprint density at radius 1 is 1.45 bits per heavy atom. The number of anilines is 1. The molecule has 0 aliphatic carbocycles. The number of hydrogen-bond donors (Lipinski definition) is 3. The van der Waals surface area contributed by atoms with Gasteiger partial charge in [0.1, 0.15) is 0 Å². The van der Waals surface area contributed by atoms with E-state index in [4.69, 9.17) is 29.6 Å². The number of halogens is 1. The molecule has 0 spiro atoms. The molecule has 0 fully saturated rings. The summed E-state index contributed by atoms with van der Waals surface area (Å²) in [6, 6.07) is 1.40. The molecule has 0 radical (unpaired) electrons. The van der Waals surface area contributed by atoms with Gasteiger partial charge in [0.25, 0.3) is 10.0 Å². The first-order chi connectivity index (χ1) is 9.36. The number of nitrogens with two attached hydrogens (primary N) is 1. The number of thiophene rings is 1. The zero-order chi connectivity index (χ0) is 15.2. The van der Waals surface area contributed by atoms with Gasteiger partial charge in [0.15, 0.2) is 9.32 Å². The van der Waals surface area contributed by atoms with Gasteiger partial charge in [-0.1, -0.05) is 37.8 Å². The van der Waals surface area contributed by atoms with Crippen LogP contribution in [0.5, 0.6) is 0 Å². The molecular weight excluding hydrogens is 338 g/mol. The van der Waals surface area contributed by atoms with E-state index in [0.29, 0.717) is 10.9 Å². The lowest BCUT2D eigenvalue weighted by molar-refractivity contribution is 0.593. The molecule has 0 saturated heterocycles. The zero-order valence-corrected chi connectivity index (χ0v) is 14.3. The highest BCUT2D eigenvalue weighted by molar-refractivity contribution is 7.93. The third-order valence-corrected chi connectivity index (χ3v) is 6.04. The highest BCUT2D eigenvalue weighted by Crippen LogP contribution is 2.32. The minimum Gasteiger partial charge on any atom is -0.397 e. The predicted octanol–water partition coefficient (Wildman–Crippen LogP) is 2.72. The Balaban J connectivity index is 2.50. The second-order valence-corrected chi connectivity index (χ2v) is 8.18. The first-order valence-corrected chi connectivity index (χ1v) is 9.31. The molecular formula is C11H18ClN3O2S3. The second kappa shape index (κ2) is 8.02. The van der Waals surface area contributed by atoms with Crippen molar-refractivity contribution < 1.29 is 8.42 Å². The summed E-state index contributed by atoms with van der Waals surface area (Å²) in [6.07, 6.45) is 4.34. The number of sulfonamides is 1. The lowest BCUT2D eigenvalue weighted by Crippen LogP contribution is -2.39. The van der Waals surface area contributed by atoms with Crippen LogP contribution in [-0.4, -0.2) is 20.1 Å². The summed E-state index contributed by atoms with van der Waals surface area (Å²) in [6.45, 7) is 2.77. The average Bonchev–Trinajstić information content (AvgIpc) is 2.68. The van der Waals surface area contributed by atoms with Crippen molar-refractivity contribution in [3.63, 3.8) is 0 Å². The second-order valence-electron chi connectivity index (χ2n) is 4.22. The van der Waals surface area contributed by atoms with Gasteiger partial charge in [-0.25, -0.2) is 8.42 Å². The number of nitrogens with one attached hydrogen (secondary N) is 2. The van der Waals surface area contributed by atoms with Crippen LogP contribution in [0.15, 0.2) is 10.3 Å². The van der Waals surface area contributed by atoms with E-state index in [0.717, 1.165) is 37.0 Å². The maximum Gasteiger partial charge on any atom is 0.275 e. The number of unbranched alkanes of at least 4 members (excludes halogenated alkanes) is 3. The summed E-state index contributed by atoms with van der Waals surface area (Å²) in [5.74, 6) is 0. The Morgan fingerprint density at radius 2 is 2.15 bits per heavy atom. The third-order valence-electron chi connectivity index (χ3n) is 2.48. The lowest BCUT2D eigenvalue weighted by atomic mass is 10.2. The van der Waals surface area contributed by atoms with Gasteiger partial charge in [-0.15, -0.1) is 11.3 Å². The van der Waals surface area contributed by atoms with E-state index < -0.39 is 10.0 Å². The Bertz CT molecular complexity index is 557. The molecule has 0 atom stereocenters. The normalized spacial score (nSPS) is 11.3. The van der Waals surface area contributed by atoms with Gasteiger partial charge in [-0.2, -0.15) is 0 Å². The SMILES string of the molecule is CCCCCCNC(=S)NS(=O)(=O)c1sc(Cl)cc1N. The van der Waals surface area contributed by atoms with Crippen LogP contribution >= 0.6 is 35.2 Å². The van der Waals surface area contributed by atoms with E-state index in [9.17, 15) is 8.42 Å². The minimum absolute atomic E-state index is 0.0161. The average molecular weight is 356 g/mol. The van der Waals surface area contributed by atoms with Crippen LogP contribution in [0.4, 0.5) is 5.69 Å². The van der Waals surface area contributed by atoms with Crippen molar-refractivity contribution in [1.29, 1.82) is 0 Å². The van der Waals surface area contributed by atoms with Crippen LogP contribution in [0.25, 0.3) is 0 Å². The molecule has 0 aromatic carbocycles. The smallest absolute Gasteiger partial charge is 0.275 e. The highest BCUT2D eigenvalue weighted by Gasteiger charge is 2.21. The number of thiocarbonyl (C=S) groups is 1. The molecule has 1 heterocycles. The molecule has 0 aliphatic rings. The Hall–Kier alpha value is -0.570. The van der Waals surface area contributed by atoms with Gasteiger partial charge < -0.3 is 11.1 Å². The molecule has 0 unspecified atom stereocenters. The molecule has 1 rings (SSSR count). The molecule has 0 saturated carbocycles.